The molecule has 0 saturated heterocycles. The summed E-state index contributed by atoms with van der Waals surface area (Å²) in [6.07, 6.45) is 4.06. The van der Waals surface area contributed by atoms with Gasteiger partial charge in [-0.3, -0.25) is 14.9 Å². The zero-order valence-electron chi connectivity index (χ0n) is 13.6. The minimum atomic E-state index is -0.637. The van der Waals surface area contributed by atoms with Gasteiger partial charge in [0.15, 0.2) is 0 Å². The fourth-order valence-electron chi connectivity index (χ4n) is 3.42. The number of carbonyl (C=O) groups excluding carboxylic acids is 2. The molecule has 1 aliphatic carbocycles. The normalized spacial score (nSPS) is 27.4. The first-order valence-electron chi connectivity index (χ1n) is 7.67. The van der Waals surface area contributed by atoms with Crippen LogP contribution in [0.25, 0.3) is 0 Å². The highest BCUT2D eigenvalue weighted by Crippen LogP contribution is 2.36. The summed E-state index contributed by atoms with van der Waals surface area (Å²) in [5.74, 6) is -0.279. The highest BCUT2D eigenvalue weighted by atomic mass is 16.5. The molecule has 0 bridgehead atoms. The first-order chi connectivity index (χ1) is 9.84. The van der Waals surface area contributed by atoms with Crippen molar-refractivity contribution in [2.75, 3.05) is 14.2 Å². The number of nitrogens with one attached hydrogen (secondary N) is 2. The van der Waals surface area contributed by atoms with Gasteiger partial charge in [0, 0.05) is 6.04 Å². The fraction of sp³-hybridized carbons (Fsp3) is 0.867. The summed E-state index contributed by atoms with van der Waals surface area (Å²) in [7, 11) is 3.16. The molecule has 0 aromatic heterocycles. The van der Waals surface area contributed by atoms with Gasteiger partial charge in [0.05, 0.1) is 13.2 Å². The summed E-state index contributed by atoms with van der Waals surface area (Å²) in [5.41, 5.74) is 4.75. The highest BCUT2D eigenvalue weighted by molar-refractivity contribution is 5.81. The molecule has 1 rings (SSSR count). The van der Waals surface area contributed by atoms with Gasteiger partial charge in [-0.2, -0.15) is 0 Å². The number of nitrogens with two attached hydrogens (primary N) is 1. The van der Waals surface area contributed by atoms with E-state index >= 15 is 0 Å². The van der Waals surface area contributed by atoms with Crippen LogP contribution in [0.5, 0.6) is 0 Å². The monoisotopic (exact) mass is 299 g/mol. The standard InChI is InChI=1S/C15H29N3O3/c1-10(2)18-15(14(20)21-4)7-5-6-11(9-15)8-12(17-3)13(16)19/h10-12,17-18H,5-9H2,1-4H3,(H2,16,19). The van der Waals surface area contributed by atoms with Crippen LogP contribution < -0.4 is 16.4 Å². The minimum Gasteiger partial charge on any atom is -0.468 e. The van der Waals surface area contributed by atoms with Gasteiger partial charge in [0.2, 0.25) is 5.91 Å². The molecule has 0 aromatic carbocycles. The van der Waals surface area contributed by atoms with Crippen LogP contribution in [-0.2, 0) is 14.3 Å². The average molecular weight is 299 g/mol. The van der Waals surface area contributed by atoms with Crippen molar-refractivity contribution >= 4 is 11.9 Å². The molecule has 122 valence electrons. The number of hydrogen-bond acceptors (Lipinski definition) is 5. The number of methoxy groups -OCH3 is 1. The van der Waals surface area contributed by atoms with Gasteiger partial charge in [-0.05, 0) is 46.1 Å². The van der Waals surface area contributed by atoms with Crippen LogP contribution in [0.1, 0.15) is 46.0 Å². The van der Waals surface area contributed by atoms with Crippen LogP contribution in [0.2, 0.25) is 0 Å². The molecule has 21 heavy (non-hydrogen) atoms. The molecule has 1 amide bonds. The number of primary amides is 1. The molecule has 1 saturated carbocycles. The van der Waals surface area contributed by atoms with E-state index in [4.69, 9.17) is 10.5 Å². The number of likely N-dealkylation sites (N-methyl/N-ethyl adjacent to an activating group) is 1. The van der Waals surface area contributed by atoms with Crippen LogP contribution in [0, 0.1) is 5.92 Å². The predicted molar refractivity (Wildman–Crippen MR) is 81.6 cm³/mol. The summed E-state index contributed by atoms with van der Waals surface area (Å²) < 4.78 is 5.01. The molecule has 0 radical (unpaired) electrons. The Morgan fingerprint density at radius 1 is 1.43 bits per heavy atom. The Morgan fingerprint density at radius 3 is 2.57 bits per heavy atom. The highest BCUT2D eigenvalue weighted by Gasteiger charge is 2.44. The lowest BCUT2D eigenvalue weighted by atomic mass is 9.73. The van der Waals surface area contributed by atoms with Crippen LogP contribution in [0.3, 0.4) is 0 Å². The van der Waals surface area contributed by atoms with E-state index in [1.807, 2.05) is 13.8 Å². The van der Waals surface area contributed by atoms with E-state index in [1.165, 1.54) is 7.11 Å². The van der Waals surface area contributed by atoms with E-state index in [2.05, 4.69) is 10.6 Å². The van der Waals surface area contributed by atoms with Crippen LogP contribution >= 0.6 is 0 Å². The van der Waals surface area contributed by atoms with E-state index in [0.29, 0.717) is 12.8 Å². The molecule has 1 fully saturated rings. The van der Waals surface area contributed by atoms with Crippen LogP contribution in [-0.4, -0.2) is 43.7 Å². The minimum absolute atomic E-state index is 0.194. The molecule has 1 aliphatic rings. The van der Waals surface area contributed by atoms with E-state index in [1.54, 1.807) is 7.05 Å². The topological polar surface area (TPSA) is 93.4 Å². The van der Waals surface area contributed by atoms with E-state index in [0.717, 1.165) is 19.3 Å². The van der Waals surface area contributed by atoms with Gasteiger partial charge in [-0.1, -0.05) is 12.8 Å². The number of amides is 1. The van der Waals surface area contributed by atoms with Crippen molar-refractivity contribution < 1.29 is 14.3 Å². The van der Waals surface area contributed by atoms with Crippen molar-refractivity contribution in [3.63, 3.8) is 0 Å². The van der Waals surface area contributed by atoms with Crippen LogP contribution in [0.4, 0.5) is 0 Å². The number of esters is 1. The Labute approximate surface area is 127 Å². The summed E-state index contributed by atoms with van der Waals surface area (Å²) in [6.45, 7) is 4.04. The molecular weight excluding hydrogens is 270 g/mol. The third kappa shape index (κ3) is 4.68. The Kier molecular flexibility index (Phi) is 6.61. The second kappa shape index (κ2) is 7.75. The number of hydrogen-bond donors (Lipinski definition) is 3. The molecule has 0 aromatic rings. The summed E-state index contributed by atoms with van der Waals surface area (Å²) in [5, 5.41) is 6.33. The number of ether oxygens (including phenoxy) is 1. The molecule has 0 spiro atoms. The van der Waals surface area contributed by atoms with Crippen molar-refractivity contribution in [2.24, 2.45) is 11.7 Å². The first kappa shape index (κ1) is 17.9. The molecule has 6 heteroatoms. The summed E-state index contributed by atoms with van der Waals surface area (Å²) >= 11 is 0. The Hall–Kier alpha value is -1.14. The molecule has 0 heterocycles. The lowest BCUT2D eigenvalue weighted by Crippen LogP contribution is -2.58. The molecule has 3 unspecified atom stereocenters. The third-order valence-electron chi connectivity index (χ3n) is 4.26. The van der Waals surface area contributed by atoms with Crippen molar-refractivity contribution in [3.8, 4) is 0 Å². The van der Waals surface area contributed by atoms with Gasteiger partial charge < -0.3 is 15.8 Å². The van der Waals surface area contributed by atoms with Crippen molar-refractivity contribution in [1.82, 2.24) is 10.6 Å². The predicted octanol–water partition coefficient (Wildman–Crippen LogP) is 0.550. The lowest BCUT2D eigenvalue weighted by molar-refractivity contribution is -0.151. The van der Waals surface area contributed by atoms with E-state index in [-0.39, 0.29) is 29.9 Å². The van der Waals surface area contributed by atoms with Gasteiger partial charge in [0.25, 0.3) is 0 Å². The average Bonchev–Trinajstić information content (AvgIpc) is 2.43. The van der Waals surface area contributed by atoms with Gasteiger partial charge in [-0.15, -0.1) is 0 Å². The SMILES string of the molecule is CNC(CC1CCCC(NC(C)C)(C(=O)OC)C1)C(N)=O. The first-order valence-corrected chi connectivity index (χ1v) is 7.67. The maximum atomic E-state index is 12.3. The van der Waals surface area contributed by atoms with Gasteiger partial charge in [0.1, 0.15) is 5.54 Å². The molecular formula is C15H29N3O3. The van der Waals surface area contributed by atoms with Crippen molar-refractivity contribution in [2.45, 2.75) is 63.6 Å². The summed E-state index contributed by atoms with van der Waals surface area (Å²) in [6, 6.07) is -0.151. The molecule has 3 atom stereocenters. The smallest absolute Gasteiger partial charge is 0.326 e. The Balaban J connectivity index is 2.82. The maximum Gasteiger partial charge on any atom is 0.326 e. The zero-order chi connectivity index (χ0) is 16.0. The third-order valence-corrected chi connectivity index (χ3v) is 4.26. The molecule has 6 nitrogen and oxygen atoms in total. The van der Waals surface area contributed by atoms with E-state index < -0.39 is 5.54 Å². The quantitative estimate of drug-likeness (QED) is 0.597. The lowest BCUT2D eigenvalue weighted by Gasteiger charge is -2.41. The van der Waals surface area contributed by atoms with Gasteiger partial charge >= 0.3 is 5.97 Å². The second-order valence-electron chi connectivity index (χ2n) is 6.31. The second-order valence-corrected chi connectivity index (χ2v) is 6.31. The largest absolute Gasteiger partial charge is 0.468 e. The van der Waals surface area contributed by atoms with Crippen molar-refractivity contribution in [1.29, 1.82) is 0 Å². The van der Waals surface area contributed by atoms with Crippen molar-refractivity contribution in [3.05, 3.63) is 0 Å². The molecule has 4 N–H and O–H groups in total. The number of carbonyl (C=O) groups is 2. The molecule has 0 aliphatic heterocycles. The van der Waals surface area contributed by atoms with Gasteiger partial charge in [-0.25, -0.2) is 0 Å². The van der Waals surface area contributed by atoms with Crippen LogP contribution in [0.15, 0.2) is 0 Å². The Morgan fingerprint density at radius 2 is 2.10 bits per heavy atom. The van der Waals surface area contributed by atoms with E-state index in [9.17, 15) is 9.59 Å². The fourth-order valence-corrected chi connectivity index (χ4v) is 3.42. The number of rotatable bonds is 7. The maximum absolute atomic E-state index is 12.3. The Bertz CT molecular complexity index is 373. The summed E-state index contributed by atoms with van der Waals surface area (Å²) in [4.78, 5) is 23.7. The zero-order valence-corrected chi connectivity index (χ0v) is 13.6.